The molecule has 1 amide bonds. The second-order valence-corrected chi connectivity index (χ2v) is 8.77. The summed E-state index contributed by atoms with van der Waals surface area (Å²) in [7, 11) is -2.95. The number of amides is 1. The van der Waals surface area contributed by atoms with Gasteiger partial charge in [0, 0.05) is 28.2 Å². The van der Waals surface area contributed by atoms with Crippen LogP contribution in [0.2, 0.25) is 0 Å². The van der Waals surface area contributed by atoms with E-state index in [2.05, 4.69) is 9.71 Å². The molecule has 0 saturated heterocycles. The summed E-state index contributed by atoms with van der Waals surface area (Å²) in [5.74, 6) is -1.76. The fraction of sp³-hybridized carbons (Fsp3) is 0.318. The molecule has 3 rings (SSSR count). The van der Waals surface area contributed by atoms with Gasteiger partial charge < -0.3 is 14.5 Å². The first-order valence-corrected chi connectivity index (χ1v) is 11.8. The zero-order valence-corrected chi connectivity index (χ0v) is 19.0. The molecule has 0 radical (unpaired) electrons. The molecule has 2 aromatic carbocycles. The molecule has 0 spiro atoms. The standard InChI is InChI=1S/C22H25F2N3O5S/c1-3-4-5-6-9-32-22(28)27-33(29,30)26-20-11-14(7-8-21(20)31-2)18-12-15-10-16(23)17(24)13-19(15)25-18/h7-8,10-13,25-26H,3-6,9H2,1-2H3,(H,27,28). The summed E-state index contributed by atoms with van der Waals surface area (Å²) < 4.78 is 66.0. The van der Waals surface area contributed by atoms with Crippen LogP contribution in [0.5, 0.6) is 5.75 Å². The quantitative estimate of drug-likeness (QED) is 0.350. The first-order chi connectivity index (χ1) is 15.7. The SMILES string of the molecule is CCCCCCOC(=O)NS(=O)(=O)Nc1cc(-c2cc3cc(F)c(F)cc3[nH]2)ccc1OC. The molecule has 3 N–H and O–H groups in total. The third kappa shape index (κ3) is 6.35. The smallest absolute Gasteiger partial charge is 0.422 e. The van der Waals surface area contributed by atoms with E-state index in [4.69, 9.17) is 9.47 Å². The average molecular weight is 482 g/mol. The third-order valence-electron chi connectivity index (χ3n) is 4.87. The van der Waals surface area contributed by atoms with Crippen molar-refractivity contribution in [3.63, 3.8) is 0 Å². The van der Waals surface area contributed by atoms with Crippen molar-refractivity contribution in [2.45, 2.75) is 32.6 Å². The molecule has 178 valence electrons. The summed E-state index contributed by atoms with van der Waals surface area (Å²) in [6.45, 7) is 2.16. The van der Waals surface area contributed by atoms with Gasteiger partial charge in [0.25, 0.3) is 0 Å². The number of hydrogen-bond donors (Lipinski definition) is 3. The van der Waals surface area contributed by atoms with E-state index in [0.29, 0.717) is 28.6 Å². The highest BCUT2D eigenvalue weighted by Gasteiger charge is 2.19. The Morgan fingerprint density at radius 1 is 1.06 bits per heavy atom. The minimum atomic E-state index is -4.31. The van der Waals surface area contributed by atoms with Crippen LogP contribution in [-0.2, 0) is 14.9 Å². The summed E-state index contributed by atoms with van der Waals surface area (Å²) in [5, 5.41) is 0.449. The maximum absolute atomic E-state index is 13.5. The Bertz CT molecular complexity index is 1210. The number of carbonyl (C=O) groups is 1. The molecule has 0 fully saturated rings. The van der Waals surface area contributed by atoms with Crippen molar-refractivity contribution < 1.29 is 31.5 Å². The van der Waals surface area contributed by atoms with Gasteiger partial charge in [0.2, 0.25) is 0 Å². The van der Waals surface area contributed by atoms with Gasteiger partial charge in [-0.1, -0.05) is 26.2 Å². The molecule has 33 heavy (non-hydrogen) atoms. The maximum Gasteiger partial charge on any atom is 0.422 e. The number of halogens is 2. The van der Waals surface area contributed by atoms with Crippen LogP contribution in [0.1, 0.15) is 32.6 Å². The molecule has 3 aromatic rings. The van der Waals surface area contributed by atoms with Crippen molar-refractivity contribution in [1.29, 1.82) is 0 Å². The minimum Gasteiger partial charge on any atom is -0.495 e. The fourth-order valence-corrected chi connectivity index (χ4v) is 4.02. The van der Waals surface area contributed by atoms with E-state index in [1.165, 1.54) is 19.2 Å². The number of benzene rings is 2. The number of H-pyrrole nitrogens is 1. The predicted octanol–water partition coefficient (Wildman–Crippen LogP) is 5.08. The van der Waals surface area contributed by atoms with Gasteiger partial charge in [-0.15, -0.1) is 0 Å². The van der Waals surface area contributed by atoms with E-state index < -0.39 is 27.9 Å². The topological polar surface area (TPSA) is 110 Å². The van der Waals surface area contributed by atoms with Crippen molar-refractivity contribution in [1.82, 2.24) is 9.71 Å². The van der Waals surface area contributed by atoms with Crippen LogP contribution < -0.4 is 14.2 Å². The van der Waals surface area contributed by atoms with E-state index in [9.17, 15) is 22.0 Å². The first-order valence-electron chi connectivity index (χ1n) is 10.4. The van der Waals surface area contributed by atoms with Crippen molar-refractivity contribution >= 4 is 32.9 Å². The fourth-order valence-electron chi connectivity index (χ4n) is 3.24. The number of ether oxygens (including phenoxy) is 2. The van der Waals surface area contributed by atoms with E-state index in [-0.39, 0.29) is 18.0 Å². The predicted molar refractivity (Wildman–Crippen MR) is 121 cm³/mol. The Morgan fingerprint density at radius 3 is 2.55 bits per heavy atom. The Labute approximate surface area is 190 Å². The van der Waals surface area contributed by atoms with Gasteiger partial charge in [-0.25, -0.2) is 18.3 Å². The highest BCUT2D eigenvalue weighted by Crippen LogP contribution is 2.32. The number of carbonyl (C=O) groups excluding carboxylic acids is 1. The number of rotatable bonds is 10. The third-order valence-corrected chi connectivity index (χ3v) is 5.79. The summed E-state index contributed by atoms with van der Waals surface area (Å²) in [5.41, 5.74) is 1.45. The van der Waals surface area contributed by atoms with Crippen molar-refractivity contribution in [2.24, 2.45) is 0 Å². The van der Waals surface area contributed by atoms with E-state index >= 15 is 0 Å². The number of nitrogens with one attached hydrogen (secondary N) is 3. The second kappa shape index (κ2) is 10.5. The average Bonchev–Trinajstić information content (AvgIpc) is 3.15. The number of aromatic amines is 1. The van der Waals surface area contributed by atoms with Gasteiger partial charge in [0.15, 0.2) is 11.6 Å². The summed E-state index contributed by atoms with van der Waals surface area (Å²) in [4.78, 5) is 14.8. The number of fused-ring (bicyclic) bond motifs is 1. The van der Waals surface area contributed by atoms with Crippen LogP contribution in [0.3, 0.4) is 0 Å². The molecule has 11 heteroatoms. The molecule has 0 aliphatic heterocycles. The maximum atomic E-state index is 13.5. The van der Waals surface area contributed by atoms with Gasteiger partial charge in [-0.2, -0.15) is 8.42 Å². The Balaban J connectivity index is 1.76. The lowest BCUT2D eigenvalue weighted by atomic mass is 10.1. The minimum absolute atomic E-state index is 0.0502. The van der Waals surface area contributed by atoms with E-state index in [1.54, 1.807) is 16.9 Å². The summed E-state index contributed by atoms with van der Waals surface area (Å²) in [6, 6.07) is 8.34. The number of aromatic nitrogens is 1. The van der Waals surface area contributed by atoms with Gasteiger partial charge in [-0.05, 0) is 36.8 Å². The van der Waals surface area contributed by atoms with Crippen molar-refractivity contribution in [3.05, 3.63) is 48.0 Å². The van der Waals surface area contributed by atoms with Gasteiger partial charge in [0.1, 0.15) is 5.75 Å². The Hall–Kier alpha value is -3.34. The second-order valence-electron chi connectivity index (χ2n) is 7.36. The molecular weight excluding hydrogens is 456 g/mol. The molecule has 0 bridgehead atoms. The van der Waals surface area contributed by atoms with Gasteiger partial charge in [0.05, 0.1) is 19.4 Å². The Kier molecular flexibility index (Phi) is 7.75. The van der Waals surface area contributed by atoms with Crippen molar-refractivity contribution in [3.8, 4) is 17.0 Å². The van der Waals surface area contributed by atoms with Crippen LogP contribution in [0.15, 0.2) is 36.4 Å². The number of unbranched alkanes of at least 4 members (excludes halogenated alkanes) is 3. The molecule has 0 unspecified atom stereocenters. The zero-order chi connectivity index (χ0) is 24.0. The number of anilines is 1. The molecule has 0 aliphatic carbocycles. The molecule has 1 heterocycles. The van der Waals surface area contributed by atoms with E-state index in [1.807, 2.05) is 6.92 Å². The molecular formula is C22H25F2N3O5S. The van der Waals surface area contributed by atoms with Crippen LogP contribution in [0.4, 0.5) is 19.3 Å². The Morgan fingerprint density at radius 2 is 1.82 bits per heavy atom. The van der Waals surface area contributed by atoms with Crippen LogP contribution in [0.25, 0.3) is 22.2 Å². The molecule has 1 aromatic heterocycles. The normalized spacial score (nSPS) is 11.4. The summed E-state index contributed by atoms with van der Waals surface area (Å²) >= 11 is 0. The lowest BCUT2D eigenvalue weighted by molar-refractivity contribution is 0.150. The lowest BCUT2D eigenvalue weighted by Gasteiger charge is -2.14. The van der Waals surface area contributed by atoms with Gasteiger partial charge in [-0.3, -0.25) is 4.72 Å². The van der Waals surface area contributed by atoms with Crippen LogP contribution in [0, 0.1) is 11.6 Å². The molecule has 0 saturated carbocycles. The first kappa shape index (κ1) is 24.3. The monoisotopic (exact) mass is 481 g/mol. The van der Waals surface area contributed by atoms with Crippen LogP contribution in [-0.4, -0.2) is 33.2 Å². The van der Waals surface area contributed by atoms with Crippen molar-refractivity contribution in [2.75, 3.05) is 18.4 Å². The summed E-state index contributed by atoms with van der Waals surface area (Å²) in [6.07, 6.45) is 2.46. The largest absolute Gasteiger partial charge is 0.495 e. The van der Waals surface area contributed by atoms with Crippen LogP contribution >= 0.6 is 0 Å². The lowest BCUT2D eigenvalue weighted by Crippen LogP contribution is -2.36. The molecule has 8 nitrogen and oxygen atoms in total. The van der Waals surface area contributed by atoms with Gasteiger partial charge >= 0.3 is 16.3 Å². The molecule has 0 atom stereocenters. The highest BCUT2D eigenvalue weighted by molar-refractivity contribution is 7.91. The molecule has 0 aliphatic rings. The zero-order valence-electron chi connectivity index (χ0n) is 18.2. The number of hydrogen-bond acceptors (Lipinski definition) is 5. The number of methoxy groups -OCH3 is 1. The highest BCUT2D eigenvalue weighted by atomic mass is 32.2. The van der Waals surface area contributed by atoms with E-state index in [0.717, 1.165) is 31.4 Å².